The quantitative estimate of drug-likeness (QED) is 0.243. The predicted octanol–water partition coefficient (Wildman–Crippen LogP) is 20.2. The van der Waals surface area contributed by atoms with Gasteiger partial charge < -0.3 is 53.9 Å². The lowest BCUT2D eigenvalue weighted by Crippen LogP contribution is -2.65. The van der Waals surface area contributed by atoms with Crippen LogP contribution >= 0.6 is 0 Å². The van der Waals surface area contributed by atoms with Gasteiger partial charge in [0.05, 0.1) is 0 Å². The second-order valence-corrected chi connectivity index (χ2v) is 63.0. The molecule has 1 aliphatic carbocycles. The van der Waals surface area contributed by atoms with E-state index >= 15 is 0 Å². The molecular weight excluding hydrogens is 1810 g/mol. The molecule has 16 heterocycles. The first-order valence-electron chi connectivity index (χ1n) is 61.7. The number of likely N-dealkylation sites (N-methyl/N-ethyl adjacent to an activating group) is 2. The van der Waals surface area contributed by atoms with Crippen LogP contribution in [0.25, 0.3) is 0 Å². The van der Waals surface area contributed by atoms with Gasteiger partial charge in [-0.1, -0.05) is 34.6 Å². The molecule has 0 unspecified atom stereocenters. The topological polar surface area (TPSA) is 68.0 Å². The van der Waals surface area contributed by atoms with Crippen molar-refractivity contribution in [1.29, 1.82) is 0 Å². The van der Waals surface area contributed by atoms with Gasteiger partial charge in [0.2, 0.25) is 0 Å². The summed E-state index contributed by atoms with van der Waals surface area (Å²) in [6.45, 7) is 135. The van der Waals surface area contributed by atoms with Gasteiger partial charge in [-0.05, 0) is 555 Å². The van der Waals surface area contributed by atoms with Crippen LogP contribution < -0.4 is 0 Å². The fourth-order valence-corrected chi connectivity index (χ4v) is 26.3. The van der Waals surface area contributed by atoms with Gasteiger partial charge in [-0.15, -0.1) is 0 Å². The van der Waals surface area contributed by atoms with Crippen molar-refractivity contribution in [2.24, 2.45) is 56.7 Å². The molecule has 2 atom stereocenters. The number of hydrogen-bond acceptors (Lipinski definition) is 21. The molecule has 0 aromatic rings. The van der Waals surface area contributed by atoms with Crippen LogP contribution in [-0.2, 0) is 0 Å². The zero-order chi connectivity index (χ0) is 111. The molecule has 0 amide bonds. The van der Waals surface area contributed by atoms with Crippen molar-refractivity contribution < 1.29 is 0 Å². The monoisotopic (exact) mass is 2070 g/mol. The van der Waals surface area contributed by atoms with E-state index in [2.05, 4.69) is 416 Å². The highest BCUT2D eigenvalue weighted by atomic mass is 15.3. The highest BCUT2D eigenvalue weighted by Gasteiger charge is 2.51. The largest absolute Gasteiger partial charge is 0.309 e. The summed E-state index contributed by atoms with van der Waals surface area (Å²) in [6.07, 6.45) is 25.4. The Labute approximate surface area is 918 Å². The van der Waals surface area contributed by atoms with Gasteiger partial charge in [0.1, 0.15) is 0 Å². The van der Waals surface area contributed by atoms with Crippen molar-refractivity contribution in [2.45, 2.75) is 419 Å². The van der Waals surface area contributed by atoms with E-state index in [0.29, 0.717) is 82.5 Å². The minimum atomic E-state index is 0.358. The van der Waals surface area contributed by atoms with Gasteiger partial charge in [-0.25, -0.2) is 0 Å². The minimum Gasteiger partial charge on any atom is -0.309 e. The van der Waals surface area contributed by atoms with E-state index in [1.807, 2.05) is 0 Å². The van der Waals surface area contributed by atoms with Gasteiger partial charge in [0, 0.05) is 232 Å². The Hall–Kier alpha value is -0.840. The molecule has 16 saturated heterocycles. The van der Waals surface area contributed by atoms with E-state index in [9.17, 15) is 0 Å². The number of rotatable bonds is 7. The van der Waals surface area contributed by atoms with Gasteiger partial charge in [-0.3, -0.25) is 49.0 Å². The Morgan fingerprint density at radius 2 is 0.483 bits per heavy atom. The van der Waals surface area contributed by atoms with Crippen molar-refractivity contribution in [3.63, 3.8) is 0 Å². The number of piperazine rings is 3. The van der Waals surface area contributed by atoms with Crippen LogP contribution in [0.3, 0.4) is 0 Å². The molecule has 0 bridgehead atoms. The first-order valence-corrected chi connectivity index (χ1v) is 61.7. The lowest BCUT2D eigenvalue weighted by atomic mass is 9.70. The van der Waals surface area contributed by atoms with Crippen LogP contribution in [0.5, 0.6) is 0 Å². The third-order valence-corrected chi connectivity index (χ3v) is 38.9. The summed E-state index contributed by atoms with van der Waals surface area (Å²) in [5, 5.41) is 0. The number of hydrogen-bond donors (Lipinski definition) is 0. The Morgan fingerprint density at radius 1 is 0.218 bits per heavy atom. The normalized spacial score (nSPS) is 26.9. The summed E-state index contributed by atoms with van der Waals surface area (Å²) < 4.78 is 0. The van der Waals surface area contributed by atoms with E-state index in [0.717, 1.165) is 35.6 Å². The average molecular weight is 2070 g/mol. The summed E-state index contributed by atoms with van der Waals surface area (Å²) in [5.74, 6) is 4.81. The Bertz CT molecular complexity index is 3400. The summed E-state index contributed by atoms with van der Waals surface area (Å²) in [5.41, 5.74) is 7.02. The third-order valence-electron chi connectivity index (χ3n) is 38.9. The second-order valence-electron chi connectivity index (χ2n) is 63.0. The van der Waals surface area contributed by atoms with E-state index in [4.69, 9.17) is 0 Å². The smallest absolute Gasteiger partial charge is 0.0126 e. The molecule has 17 aliphatic rings. The molecule has 17 rings (SSSR count). The lowest BCUT2D eigenvalue weighted by Gasteiger charge is -2.58. The van der Waals surface area contributed by atoms with Crippen molar-refractivity contribution in [3.05, 3.63) is 0 Å². The fourth-order valence-electron chi connectivity index (χ4n) is 26.3. The maximum absolute atomic E-state index is 2.66. The Kier molecular flexibility index (Phi) is 51.5. The molecule has 4 spiro atoms. The summed E-state index contributed by atoms with van der Waals surface area (Å²) in [6, 6.07) is 0.804. The van der Waals surface area contributed by atoms with Crippen LogP contribution in [0.4, 0.5) is 0 Å². The van der Waals surface area contributed by atoms with Crippen LogP contribution in [0, 0.1) is 56.7 Å². The van der Waals surface area contributed by atoms with Gasteiger partial charge >= 0.3 is 0 Å². The molecule has 0 aromatic heterocycles. The minimum absolute atomic E-state index is 0.358. The number of piperidine rings is 8. The Morgan fingerprint density at radius 3 is 0.789 bits per heavy atom. The molecule has 0 aromatic carbocycles. The third kappa shape index (κ3) is 46.1. The van der Waals surface area contributed by atoms with Crippen LogP contribution in [-0.4, -0.2) is 510 Å². The van der Waals surface area contributed by atoms with Crippen LogP contribution in [0.1, 0.15) is 358 Å². The molecule has 16 aliphatic heterocycles. The molecule has 1 saturated carbocycles. The van der Waals surface area contributed by atoms with Crippen molar-refractivity contribution in [2.75, 3.05) is 345 Å². The van der Waals surface area contributed by atoms with Gasteiger partial charge in [-0.2, -0.15) is 0 Å². The molecule has 0 N–H and O–H groups in total. The molecular formula is C126H261N21. The van der Waals surface area contributed by atoms with E-state index in [1.165, 1.54) is 390 Å². The zero-order valence-corrected chi connectivity index (χ0v) is 108. The van der Waals surface area contributed by atoms with Gasteiger partial charge in [0.15, 0.2) is 0 Å². The molecule has 0 radical (unpaired) electrons. The first kappa shape index (κ1) is 133. The maximum atomic E-state index is 2.66. The van der Waals surface area contributed by atoms with Crippen molar-refractivity contribution >= 4 is 0 Å². The molecule has 21 nitrogen and oxygen atoms in total. The highest BCUT2D eigenvalue weighted by Crippen LogP contribution is 2.48. The SMILES string of the molecule is CC(C)(C)N1CCN(CC2CC2)CC1.CCN1CCC2(CC1)CN(C(C)(C)C)C2.CCN1CCN(C(C)(C)C)CC1.CN(C)C1CCN(C(C)(C)C)CC1.CN(C)CC1CCN(C(C)(C)C)CC1.CN1CC2(CCN(C(C)(C)C)CC2)C1.CN1CCC(C(C)(C)C)CC1.CN1CCC2(CC1)CCN(C(C)(C)C)CC2.CN1CCC2(CC1)CN(C(C)(C)C)C2.CN1CCN(C(C)(C)C)CC1.CN1C[C@@H]2CN(C(C)(C)C)C[C@@H]2C1. The van der Waals surface area contributed by atoms with E-state index in [1.54, 1.807) is 0 Å². The summed E-state index contributed by atoms with van der Waals surface area (Å²) >= 11 is 0. The standard InChI is InChI=1S/C14H28N2.C13H26N2.3C12H24N2.C12H26N2.C11H22N2.C11H24N2.C10H22N2.C10H21N.C9H20N2/c1-13(2,3)16-11-7-14(8-12-16)5-9-15(4)10-6-14;1-5-14-8-6-13(7-9-14)10-15(11-13)12(2,3)4;1-11(2,3)14-7-5-12(6-8-14)9-13(4)10-12;1-11(2,3)14-9-12(10-14)5-7-13(4)8-6-12;1-12(2,3)14-8-6-13(7-9-14)10-11-4-5-11;1-12(2,3)14-8-6-11(7-9-14)10-13(4)5;1-11(2,3)13-7-9-5-12(4)6-10(9)8-13;1-11(2,3)13-8-6-10(7-9-13)12(4)5;1-5-11-6-8-12(9-7-11)10(2,3)4;1-10(2,3)9-5-7-11(4)8-6-9;1-9(2,3)11-7-5-10(4)6-8-11/h5-12H2,1-4H3;5-11H2,1-4H3;2*5-10H2,1-4H3;11H,4-10H2,1-3H3;11H,6-10H2,1-5H3;9-10H,5-8H2,1-4H3;10H,6-9H2,1-5H3;5-9H2,1-4H3;9H,5-8H2,1-4H3;5-8H2,1-4H3/t;;;;;;9-,10+;;;;. The van der Waals surface area contributed by atoms with Crippen molar-refractivity contribution in [3.8, 4) is 0 Å². The summed E-state index contributed by atoms with van der Waals surface area (Å²) in [7, 11) is 22.1. The first-order chi connectivity index (χ1) is 67.5. The van der Waals surface area contributed by atoms with Gasteiger partial charge in [0.25, 0.3) is 0 Å². The molecule has 17 fully saturated rings. The average Bonchev–Trinajstić information content (AvgIpc) is 1.54. The zero-order valence-electron chi connectivity index (χ0n) is 108. The second kappa shape index (κ2) is 56.9. The number of likely N-dealkylation sites (tertiary alicyclic amines) is 13. The molecule has 870 valence electrons. The number of fused-ring (bicyclic) bond motifs is 1. The van der Waals surface area contributed by atoms with E-state index < -0.39 is 0 Å². The highest BCUT2D eigenvalue weighted by molar-refractivity contribution is 5.06. The van der Waals surface area contributed by atoms with E-state index in [-0.39, 0.29) is 0 Å². The van der Waals surface area contributed by atoms with Crippen LogP contribution in [0.2, 0.25) is 0 Å². The summed E-state index contributed by atoms with van der Waals surface area (Å²) in [4.78, 5) is 53.3. The predicted molar refractivity (Wildman–Crippen MR) is 645 cm³/mol. The number of nitrogens with zero attached hydrogens (tertiary/aromatic N) is 21. The lowest BCUT2D eigenvalue weighted by molar-refractivity contribution is -0.0894. The Balaban J connectivity index is 0.000000219. The maximum Gasteiger partial charge on any atom is 0.0126 e. The molecule has 21 heteroatoms. The van der Waals surface area contributed by atoms with Crippen LogP contribution in [0.15, 0.2) is 0 Å². The fraction of sp³-hybridized carbons (Fsp3) is 1.00. The van der Waals surface area contributed by atoms with Crippen molar-refractivity contribution in [1.82, 2.24) is 103 Å². The molecule has 147 heavy (non-hydrogen) atoms.